The minimum Gasteiger partial charge on any atom is -0.349 e. The first-order chi connectivity index (χ1) is 10.2. The molecule has 1 aromatic carbocycles. The molecule has 4 N–H and O–H groups in total. The molecule has 3 rings (SSSR count). The zero-order valence-electron chi connectivity index (χ0n) is 12.0. The third-order valence-corrected chi connectivity index (χ3v) is 4.54. The SMILES string of the molecule is NCC1CCCC1NC(=O)c1ccc2c(c1)CCC(=O)N2. The average molecular weight is 287 g/mol. The standard InChI is InChI=1S/C16H21N3O2/c17-9-12-2-1-3-13(12)19-16(21)11-4-6-14-10(8-11)5-7-15(20)18-14/h4,6,8,12-13H,1-3,5,7,9,17H2,(H,18,20)(H,19,21). The van der Waals surface area contributed by atoms with Crippen LogP contribution in [-0.2, 0) is 11.2 Å². The molecule has 1 aliphatic carbocycles. The van der Waals surface area contributed by atoms with Crippen molar-refractivity contribution in [2.45, 2.75) is 38.1 Å². The number of hydrogen-bond acceptors (Lipinski definition) is 3. The van der Waals surface area contributed by atoms with E-state index in [4.69, 9.17) is 5.73 Å². The van der Waals surface area contributed by atoms with Gasteiger partial charge in [0.05, 0.1) is 0 Å². The number of carbonyl (C=O) groups is 2. The first-order valence-corrected chi connectivity index (χ1v) is 7.61. The average Bonchev–Trinajstić information content (AvgIpc) is 2.93. The highest BCUT2D eigenvalue weighted by Crippen LogP contribution is 2.26. The predicted octanol–water partition coefficient (Wildman–Crippen LogP) is 1.43. The van der Waals surface area contributed by atoms with Crippen LogP contribution in [0, 0.1) is 5.92 Å². The number of anilines is 1. The summed E-state index contributed by atoms with van der Waals surface area (Å²) in [6.07, 6.45) is 4.41. The van der Waals surface area contributed by atoms with Gasteiger partial charge < -0.3 is 16.4 Å². The molecule has 112 valence electrons. The summed E-state index contributed by atoms with van der Waals surface area (Å²) in [5.74, 6) is 0.391. The van der Waals surface area contributed by atoms with Crippen LogP contribution in [0.15, 0.2) is 18.2 Å². The third kappa shape index (κ3) is 2.93. The van der Waals surface area contributed by atoms with Crippen molar-refractivity contribution in [1.82, 2.24) is 5.32 Å². The van der Waals surface area contributed by atoms with Crippen molar-refractivity contribution in [3.63, 3.8) is 0 Å². The van der Waals surface area contributed by atoms with E-state index in [-0.39, 0.29) is 17.9 Å². The van der Waals surface area contributed by atoms with Crippen molar-refractivity contribution >= 4 is 17.5 Å². The van der Waals surface area contributed by atoms with Crippen LogP contribution in [0.3, 0.4) is 0 Å². The van der Waals surface area contributed by atoms with Gasteiger partial charge >= 0.3 is 0 Å². The highest BCUT2D eigenvalue weighted by Gasteiger charge is 2.27. The number of carbonyl (C=O) groups excluding carboxylic acids is 2. The highest BCUT2D eigenvalue weighted by molar-refractivity contribution is 5.98. The van der Waals surface area contributed by atoms with Crippen LogP contribution in [0.4, 0.5) is 5.69 Å². The lowest BCUT2D eigenvalue weighted by Gasteiger charge is -2.21. The minimum atomic E-state index is -0.0416. The van der Waals surface area contributed by atoms with Gasteiger partial charge in [0.15, 0.2) is 0 Å². The van der Waals surface area contributed by atoms with Crippen molar-refractivity contribution in [3.05, 3.63) is 29.3 Å². The van der Waals surface area contributed by atoms with Crippen molar-refractivity contribution < 1.29 is 9.59 Å². The Labute approximate surface area is 124 Å². The van der Waals surface area contributed by atoms with Crippen LogP contribution >= 0.6 is 0 Å². The minimum absolute atomic E-state index is 0.0384. The van der Waals surface area contributed by atoms with Gasteiger partial charge in [-0.25, -0.2) is 0 Å². The Kier molecular flexibility index (Phi) is 3.92. The Morgan fingerprint density at radius 1 is 1.33 bits per heavy atom. The molecule has 0 aromatic heterocycles. The van der Waals surface area contributed by atoms with Gasteiger partial charge in [-0.15, -0.1) is 0 Å². The maximum absolute atomic E-state index is 12.4. The molecule has 1 fully saturated rings. The van der Waals surface area contributed by atoms with E-state index in [1.54, 1.807) is 6.07 Å². The van der Waals surface area contributed by atoms with Gasteiger partial charge in [0.1, 0.15) is 0 Å². The Hall–Kier alpha value is -1.88. The maximum atomic E-state index is 12.4. The molecular weight excluding hydrogens is 266 g/mol. The Bertz CT molecular complexity index is 571. The molecule has 1 heterocycles. The van der Waals surface area contributed by atoms with Crippen molar-refractivity contribution in [2.24, 2.45) is 11.7 Å². The van der Waals surface area contributed by atoms with Crippen molar-refractivity contribution in [3.8, 4) is 0 Å². The van der Waals surface area contributed by atoms with E-state index in [0.29, 0.717) is 30.9 Å². The molecule has 0 saturated heterocycles. The Balaban J connectivity index is 1.72. The largest absolute Gasteiger partial charge is 0.349 e. The molecule has 5 nitrogen and oxygen atoms in total. The molecule has 2 amide bonds. The molecule has 2 aliphatic rings. The van der Waals surface area contributed by atoms with E-state index in [2.05, 4.69) is 10.6 Å². The summed E-state index contributed by atoms with van der Waals surface area (Å²) in [7, 11) is 0. The fourth-order valence-electron chi connectivity index (χ4n) is 3.29. The number of fused-ring (bicyclic) bond motifs is 1. The third-order valence-electron chi connectivity index (χ3n) is 4.54. The number of benzene rings is 1. The van der Waals surface area contributed by atoms with E-state index in [1.807, 2.05) is 12.1 Å². The number of nitrogens with one attached hydrogen (secondary N) is 2. The zero-order valence-corrected chi connectivity index (χ0v) is 12.0. The van der Waals surface area contributed by atoms with Gasteiger partial charge in [0.25, 0.3) is 5.91 Å². The lowest BCUT2D eigenvalue weighted by molar-refractivity contribution is -0.116. The summed E-state index contributed by atoms with van der Waals surface area (Å²) >= 11 is 0. The van der Waals surface area contributed by atoms with Crippen LogP contribution in [-0.4, -0.2) is 24.4 Å². The highest BCUT2D eigenvalue weighted by atomic mass is 16.2. The van der Waals surface area contributed by atoms with Gasteiger partial charge in [-0.3, -0.25) is 9.59 Å². The van der Waals surface area contributed by atoms with Gasteiger partial charge in [0, 0.05) is 23.7 Å². The van der Waals surface area contributed by atoms with E-state index in [0.717, 1.165) is 30.5 Å². The number of nitrogens with two attached hydrogens (primary N) is 1. The molecule has 0 radical (unpaired) electrons. The second-order valence-electron chi connectivity index (χ2n) is 5.93. The van der Waals surface area contributed by atoms with Gasteiger partial charge in [-0.05, 0) is 55.5 Å². The second kappa shape index (κ2) is 5.85. The molecule has 2 atom stereocenters. The fraction of sp³-hybridized carbons (Fsp3) is 0.500. The summed E-state index contributed by atoms with van der Waals surface area (Å²) in [6.45, 7) is 0.626. The van der Waals surface area contributed by atoms with E-state index >= 15 is 0 Å². The summed E-state index contributed by atoms with van der Waals surface area (Å²) in [5.41, 5.74) is 8.27. The predicted molar refractivity (Wildman–Crippen MR) is 81.0 cm³/mol. The Morgan fingerprint density at radius 3 is 3.00 bits per heavy atom. The van der Waals surface area contributed by atoms with Gasteiger partial charge in [-0.1, -0.05) is 6.42 Å². The summed E-state index contributed by atoms with van der Waals surface area (Å²) in [4.78, 5) is 23.7. The first kappa shape index (κ1) is 14.1. The molecule has 5 heteroatoms. The molecule has 21 heavy (non-hydrogen) atoms. The number of aryl methyl sites for hydroxylation is 1. The quantitative estimate of drug-likeness (QED) is 0.786. The van der Waals surface area contributed by atoms with E-state index < -0.39 is 0 Å². The fourth-order valence-corrected chi connectivity index (χ4v) is 3.29. The number of hydrogen-bond donors (Lipinski definition) is 3. The molecule has 0 bridgehead atoms. The van der Waals surface area contributed by atoms with Crippen LogP contribution in [0.5, 0.6) is 0 Å². The van der Waals surface area contributed by atoms with E-state index in [1.165, 1.54) is 0 Å². The van der Waals surface area contributed by atoms with E-state index in [9.17, 15) is 9.59 Å². The summed E-state index contributed by atoms with van der Waals surface area (Å²) < 4.78 is 0. The van der Waals surface area contributed by atoms with Crippen LogP contribution < -0.4 is 16.4 Å². The Morgan fingerprint density at radius 2 is 2.19 bits per heavy atom. The molecule has 2 unspecified atom stereocenters. The normalized spacial score (nSPS) is 24.3. The van der Waals surface area contributed by atoms with Crippen molar-refractivity contribution in [2.75, 3.05) is 11.9 Å². The first-order valence-electron chi connectivity index (χ1n) is 7.61. The zero-order chi connectivity index (χ0) is 14.8. The van der Waals surface area contributed by atoms with Crippen LogP contribution in [0.2, 0.25) is 0 Å². The van der Waals surface area contributed by atoms with Crippen LogP contribution in [0.25, 0.3) is 0 Å². The number of amides is 2. The topological polar surface area (TPSA) is 84.2 Å². The smallest absolute Gasteiger partial charge is 0.251 e. The molecular formula is C16H21N3O2. The number of rotatable bonds is 3. The summed E-state index contributed by atoms with van der Waals surface area (Å²) in [6, 6.07) is 5.66. The molecule has 1 aromatic rings. The molecule has 1 aliphatic heterocycles. The molecule has 0 spiro atoms. The lowest BCUT2D eigenvalue weighted by Crippen LogP contribution is -2.39. The van der Waals surface area contributed by atoms with Crippen LogP contribution in [0.1, 0.15) is 41.6 Å². The lowest BCUT2D eigenvalue weighted by atomic mass is 9.99. The maximum Gasteiger partial charge on any atom is 0.251 e. The summed E-state index contributed by atoms with van der Waals surface area (Å²) in [5, 5.41) is 5.93. The second-order valence-corrected chi connectivity index (χ2v) is 5.93. The molecule has 1 saturated carbocycles. The van der Waals surface area contributed by atoms with Gasteiger partial charge in [0.2, 0.25) is 5.91 Å². The monoisotopic (exact) mass is 287 g/mol. The van der Waals surface area contributed by atoms with Gasteiger partial charge in [-0.2, -0.15) is 0 Å². The van der Waals surface area contributed by atoms with Crippen molar-refractivity contribution in [1.29, 1.82) is 0 Å².